The molecule has 1 aliphatic rings. The van der Waals surface area contributed by atoms with Crippen molar-refractivity contribution < 1.29 is 9.59 Å². The smallest absolute Gasteiger partial charge is 0.242 e. The summed E-state index contributed by atoms with van der Waals surface area (Å²) in [6, 6.07) is 7.24. The van der Waals surface area contributed by atoms with E-state index in [1.807, 2.05) is 38.1 Å². The highest BCUT2D eigenvalue weighted by molar-refractivity contribution is 6.30. The van der Waals surface area contributed by atoms with Crippen LogP contribution in [0.5, 0.6) is 0 Å². The fourth-order valence-corrected chi connectivity index (χ4v) is 2.82. The Labute approximate surface area is 178 Å². The van der Waals surface area contributed by atoms with E-state index in [1.165, 1.54) is 5.56 Å². The van der Waals surface area contributed by atoms with E-state index in [-0.39, 0.29) is 49.1 Å². The monoisotopic (exact) mass is 438 g/mol. The van der Waals surface area contributed by atoms with E-state index in [0.717, 1.165) is 24.7 Å². The summed E-state index contributed by atoms with van der Waals surface area (Å²) in [5.74, 6) is -0.285. The van der Waals surface area contributed by atoms with Gasteiger partial charge >= 0.3 is 0 Å². The van der Waals surface area contributed by atoms with Crippen LogP contribution in [0.4, 0.5) is 0 Å². The van der Waals surface area contributed by atoms with Gasteiger partial charge in [-0.3, -0.25) is 14.5 Å². The van der Waals surface area contributed by atoms with E-state index >= 15 is 0 Å². The van der Waals surface area contributed by atoms with E-state index < -0.39 is 6.04 Å². The lowest BCUT2D eigenvalue weighted by atomic mass is 10.1. The molecule has 0 bridgehead atoms. The first-order valence-electron chi connectivity index (χ1n) is 8.64. The van der Waals surface area contributed by atoms with Gasteiger partial charge in [0, 0.05) is 37.7 Å². The van der Waals surface area contributed by atoms with Crippen molar-refractivity contribution >= 4 is 48.2 Å². The second-order valence-corrected chi connectivity index (χ2v) is 7.21. The molecule has 154 valence electrons. The molecule has 9 heteroatoms. The van der Waals surface area contributed by atoms with E-state index in [2.05, 4.69) is 10.2 Å². The van der Waals surface area contributed by atoms with Crippen molar-refractivity contribution in [3.63, 3.8) is 0 Å². The summed E-state index contributed by atoms with van der Waals surface area (Å²) in [4.78, 5) is 28.2. The molecular formula is C18H29Cl3N4O2. The largest absolute Gasteiger partial charge is 0.346 e. The van der Waals surface area contributed by atoms with Crippen LogP contribution in [0.1, 0.15) is 19.4 Å². The maximum absolute atomic E-state index is 12.2. The molecule has 0 unspecified atom stereocenters. The van der Waals surface area contributed by atoms with Crippen molar-refractivity contribution in [1.29, 1.82) is 0 Å². The maximum Gasteiger partial charge on any atom is 0.242 e. The zero-order valence-corrected chi connectivity index (χ0v) is 18.1. The third-order valence-corrected chi connectivity index (χ3v) is 4.73. The molecule has 2 amide bonds. The van der Waals surface area contributed by atoms with Gasteiger partial charge in [0.1, 0.15) is 0 Å². The SMILES string of the molecule is CC(C)[C@H](N)C(=O)NCC(=O)N1CCN(Cc2ccc(Cl)cc2)CC1.Cl.Cl. The van der Waals surface area contributed by atoms with Gasteiger partial charge in [0.2, 0.25) is 11.8 Å². The highest BCUT2D eigenvalue weighted by atomic mass is 35.5. The Bertz CT molecular complexity index is 591. The number of nitrogens with two attached hydrogens (primary N) is 1. The minimum absolute atomic E-state index is 0. The molecule has 27 heavy (non-hydrogen) atoms. The van der Waals surface area contributed by atoms with E-state index in [0.29, 0.717) is 13.1 Å². The van der Waals surface area contributed by atoms with Gasteiger partial charge in [-0.2, -0.15) is 0 Å². The van der Waals surface area contributed by atoms with Gasteiger partial charge in [0.25, 0.3) is 0 Å². The van der Waals surface area contributed by atoms with Crippen molar-refractivity contribution in [1.82, 2.24) is 15.1 Å². The Morgan fingerprint density at radius 3 is 2.19 bits per heavy atom. The fraction of sp³-hybridized carbons (Fsp3) is 0.556. The number of carbonyl (C=O) groups excluding carboxylic acids is 2. The Kier molecular flexibility index (Phi) is 11.9. The van der Waals surface area contributed by atoms with Crippen LogP contribution in [0.3, 0.4) is 0 Å². The number of benzene rings is 1. The molecule has 6 nitrogen and oxygen atoms in total. The number of nitrogens with zero attached hydrogens (tertiary/aromatic N) is 2. The molecule has 1 atom stereocenters. The summed E-state index contributed by atoms with van der Waals surface area (Å²) in [7, 11) is 0. The summed E-state index contributed by atoms with van der Waals surface area (Å²) in [5, 5.41) is 3.37. The van der Waals surface area contributed by atoms with Crippen LogP contribution in [-0.2, 0) is 16.1 Å². The normalized spacial score (nSPS) is 15.5. The van der Waals surface area contributed by atoms with Crippen LogP contribution in [0.25, 0.3) is 0 Å². The third-order valence-electron chi connectivity index (χ3n) is 4.48. The van der Waals surface area contributed by atoms with Gasteiger partial charge in [-0.05, 0) is 23.6 Å². The van der Waals surface area contributed by atoms with Gasteiger partial charge in [0.15, 0.2) is 0 Å². The number of halogens is 3. The summed E-state index contributed by atoms with van der Waals surface area (Å²) in [5.41, 5.74) is 6.98. The summed E-state index contributed by atoms with van der Waals surface area (Å²) >= 11 is 5.90. The lowest BCUT2D eigenvalue weighted by molar-refractivity contribution is -0.134. The molecule has 0 aromatic heterocycles. The first-order chi connectivity index (χ1) is 11.9. The lowest BCUT2D eigenvalue weighted by Gasteiger charge is -2.35. The predicted octanol–water partition coefficient (Wildman–Crippen LogP) is 1.93. The highest BCUT2D eigenvalue weighted by Gasteiger charge is 2.23. The van der Waals surface area contributed by atoms with Gasteiger partial charge in [-0.1, -0.05) is 37.6 Å². The van der Waals surface area contributed by atoms with Crippen molar-refractivity contribution in [3.8, 4) is 0 Å². The standard InChI is InChI=1S/C18H27ClN4O2.2ClH/c1-13(2)17(20)18(25)21-11-16(24)23-9-7-22(8-10-23)12-14-3-5-15(19)6-4-14;;/h3-6,13,17H,7-12,20H2,1-2H3,(H,21,25);2*1H/t17-;;/m0../s1. The Morgan fingerprint density at radius 2 is 1.67 bits per heavy atom. The Morgan fingerprint density at radius 1 is 1.11 bits per heavy atom. The molecule has 1 heterocycles. The average Bonchev–Trinajstić information content (AvgIpc) is 2.61. The quantitative estimate of drug-likeness (QED) is 0.710. The first kappa shape index (κ1) is 26.0. The van der Waals surface area contributed by atoms with E-state index in [9.17, 15) is 9.59 Å². The number of carbonyl (C=O) groups is 2. The number of piperazine rings is 1. The van der Waals surface area contributed by atoms with Crippen molar-refractivity contribution in [2.24, 2.45) is 11.7 Å². The molecule has 1 aromatic carbocycles. The molecule has 1 aliphatic heterocycles. The molecule has 0 spiro atoms. The average molecular weight is 440 g/mol. The molecule has 1 aromatic rings. The van der Waals surface area contributed by atoms with Gasteiger partial charge in [0.05, 0.1) is 12.6 Å². The number of amides is 2. The zero-order chi connectivity index (χ0) is 18.4. The topological polar surface area (TPSA) is 78.7 Å². The number of hydrogen-bond donors (Lipinski definition) is 2. The number of rotatable bonds is 6. The van der Waals surface area contributed by atoms with E-state index in [1.54, 1.807) is 4.90 Å². The van der Waals surface area contributed by atoms with Gasteiger partial charge in [-0.15, -0.1) is 24.8 Å². The summed E-state index contributed by atoms with van der Waals surface area (Å²) in [6.45, 7) is 7.58. The van der Waals surface area contributed by atoms with Crippen LogP contribution >= 0.6 is 36.4 Å². The van der Waals surface area contributed by atoms with Gasteiger partial charge in [-0.25, -0.2) is 0 Å². The zero-order valence-electron chi connectivity index (χ0n) is 15.7. The van der Waals surface area contributed by atoms with Crippen molar-refractivity contribution in [2.75, 3.05) is 32.7 Å². The fourth-order valence-electron chi connectivity index (χ4n) is 2.70. The maximum atomic E-state index is 12.2. The molecule has 1 fully saturated rings. The molecular weight excluding hydrogens is 411 g/mol. The van der Waals surface area contributed by atoms with Crippen LogP contribution < -0.4 is 11.1 Å². The number of hydrogen-bond acceptors (Lipinski definition) is 4. The lowest BCUT2D eigenvalue weighted by Crippen LogP contribution is -2.52. The van der Waals surface area contributed by atoms with Crippen molar-refractivity contribution in [3.05, 3.63) is 34.9 Å². The molecule has 2 rings (SSSR count). The third kappa shape index (κ3) is 8.23. The highest BCUT2D eigenvalue weighted by Crippen LogP contribution is 2.13. The van der Waals surface area contributed by atoms with Crippen molar-refractivity contribution in [2.45, 2.75) is 26.4 Å². The molecule has 0 radical (unpaired) electrons. The summed E-state index contributed by atoms with van der Waals surface area (Å²) in [6.07, 6.45) is 0. The minimum Gasteiger partial charge on any atom is -0.346 e. The summed E-state index contributed by atoms with van der Waals surface area (Å²) < 4.78 is 0. The van der Waals surface area contributed by atoms with Crippen LogP contribution in [0, 0.1) is 5.92 Å². The second kappa shape index (κ2) is 12.4. The minimum atomic E-state index is -0.580. The first-order valence-corrected chi connectivity index (χ1v) is 9.02. The molecule has 3 N–H and O–H groups in total. The second-order valence-electron chi connectivity index (χ2n) is 6.77. The number of nitrogens with one attached hydrogen (secondary N) is 1. The molecule has 0 aliphatic carbocycles. The van der Waals surface area contributed by atoms with Crippen LogP contribution in [0.15, 0.2) is 24.3 Å². The van der Waals surface area contributed by atoms with E-state index in [4.69, 9.17) is 17.3 Å². The Balaban J connectivity index is 0.00000338. The molecule has 0 saturated carbocycles. The van der Waals surface area contributed by atoms with Crippen LogP contribution in [0.2, 0.25) is 5.02 Å². The van der Waals surface area contributed by atoms with Gasteiger partial charge < -0.3 is 16.0 Å². The predicted molar refractivity (Wildman–Crippen MR) is 114 cm³/mol. The molecule has 1 saturated heterocycles. The van der Waals surface area contributed by atoms with Crippen LogP contribution in [-0.4, -0.2) is 60.4 Å². The Hall–Kier alpha value is -1.05.